The van der Waals surface area contributed by atoms with Gasteiger partial charge >= 0.3 is 0 Å². The zero-order valence-corrected chi connectivity index (χ0v) is 12.9. The summed E-state index contributed by atoms with van der Waals surface area (Å²) in [4.78, 5) is 4.30. The van der Waals surface area contributed by atoms with Gasteiger partial charge in [0, 0.05) is 12.2 Å². The molecule has 0 amide bonds. The van der Waals surface area contributed by atoms with Gasteiger partial charge in [0.1, 0.15) is 23.2 Å². The van der Waals surface area contributed by atoms with Crippen molar-refractivity contribution in [3.8, 4) is 11.8 Å². The van der Waals surface area contributed by atoms with Crippen LogP contribution < -0.4 is 15.8 Å². The highest BCUT2D eigenvalue weighted by Crippen LogP contribution is 2.29. The lowest BCUT2D eigenvalue weighted by Crippen LogP contribution is -2.31. The van der Waals surface area contributed by atoms with Crippen molar-refractivity contribution in [2.45, 2.75) is 37.8 Å². The van der Waals surface area contributed by atoms with Crippen LogP contribution in [-0.4, -0.2) is 17.1 Å². The van der Waals surface area contributed by atoms with Gasteiger partial charge in [-0.05, 0) is 49.9 Å². The topological polar surface area (TPSA) is 84.0 Å². The lowest BCUT2D eigenvalue weighted by Gasteiger charge is -2.30. The Bertz CT molecular complexity index is 688. The van der Waals surface area contributed by atoms with Gasteiger partial charge in [-0.2, -0.15) is 5.26 Å². The fraction of sp³-hybridized carbons (Fsp3) is 0.333. The summed E-state index contributed by atoms with van der Waals surface area (Å²) >= 11 is 0. The van der Waals surface area contributed by atoms with Crippen LogP contribution in [0.15, 0.2) is 42.6 Å². The van der Waals surface area contributed by atoms with Gasteiger partial charge in [0.05, 0.1) is 11.8 Å². The summed E-state index contributed by atoms with van der Waals surface area (Å²) < 4.78 is 6.01. The predicted octanol–water partition coefficient (Wildman–Crippen LogP) is 3.34. The lowest BCUT2D eigenvalue weighted by atomic mass is 9.93. The maximum atomic E-state index is 9.21. The number of benzene rings is 1. The molecule has 5 heteroatoms. The molecule has 1 heterocycles. The number of rotatable bonds is 4. The molecule has 1 aromatic carbocycles. The highest BCUT2D eigenvalue weighted by atomic mass is 16.5. The van der Waals surface area contributed by atoms with E-state index in [1.165, 1.54) is 0 Å². The molecule has 23 heavy (non-hydrogen) atoms. The first-order valence-corrected chi connectivity index (χ1v) is 7.89. The first-order valence-electron chi connectivity index (χ1n) is 7.89. The molecule has 1 fully saturated rings. The number of nitrogen functional groups attached to an aromatic ring is 1. The van der Waals surface area contributed by atoms with Gasteiger partial charge in [0.15, 0.2) is 0 Å². The maximum Gasteiger partial charge on any atom is 0.139 e. The number of pyridine rings is 1. The van der Waals surface area contributed by atoms with Gasteiger partial charge in [-0.25, -0.2) is 4.98 Å². The standard InChI is InChI=1S/C18H20N4O/c19-12-15-16(20)4-3-5-17(15)23-14-9-7-13(8-10-14)22-18-6-1-2-11-21-18/h1-6,11,13-14H,7-10,20H2,(H,21,22)/t13-,14-. The first-order chi connectivity index (χ1) is 11.3. The summed E-state index contributed by atoms with van der Waals surface area (Å²) in [7, 11) is 0. The van der Waals surface area contributed by atoms with Gasteiger partial charge in [-0.1, -0.05) is 12.1 Å². The summed E-state index contributed by atoms with van der Waals surface area (Å²) in [6.45, 7) is 0. The van der Waals surface area contributed by atoms with Crippen molar-refractivity contribution in [2.75, 3.05) is 11.1 Å². The van der Waals surface area contributed by atoms with Crippen molar-refractivity contribution in [1.29, 1.82) is 5.26 Å². The molecule has 0 aliphatic heterocycles. The van der Waals surface area contributed by atoms with Gasteiger partial charge in [-0.15, -0.1) is 0 Å². The Morgan fingerprint density at radius 3 is 2.65 bits per heavy atom. The van der Waals surface area contributed by atoms with E-state index in [2.05, 4.69) is 16.4 Å². The number of nitrogens with one attached hydrogen (secondary N) is 1. The number of hydrogen-bond acceptors (Lipinski definition) is 5. The van der Waals surface area contributed by atoms with Crippen LogP contribution in [0.25, 0.3) is 0 Å². The average molecular weight is 308 g/mol. The van der Waals surface area contributed by atoms with Crippen molar-refractivity contribution < 1.29 is 4.74 Å². The van der Waals surface area contributed by atoms with E-state index in [9.17, 15) is 5.26 Å². The van der Waals surface area contributed by atoms with E-state index < -0.39 is 0 Å². The molecule has 1 aliphatic rings. The van der Waals surface area contributed by atoms with Crippen LogP contribution in [0, 0.1) is 11.3 Å². The van der Waals surface area contributed by atoms with E-state index in [0.717, 1.165) is 31.5 Å². The van der Waals surface area contributed by atoms with E-state index in [-0.39, 0.29) is 6.10 Å². The third-order valence-corrected chi connectivity index (χ3v) is 4.16. The van der Waals surface area contributed by atoms with Crippen molar-refractivity contribution in [2.24, 2.45) is 0 Å². The Labute approximate surface area is 136 Å². The van der Waals surface area contributed by atoms with Crippen LogP contribution in [0.2, 0.25) is 0 Å². The Morgan fingerprint density at radius 2 is 1.96 bits per heavy atom. The molecular formula is C18H20N4O. The number of nitrogens with zero attached hydrogens (tertiary/aromatic N) is 2. The highest BCUT2D eigenvalue weighted by molar-refractivity contribution is 5.60. The molecule has 1 aliphatic carbocycles. The van der Waals surface area contributed by atoms with Crippen molar-refractivity contribution >= 4 is 11.5 Å². The number of nitriles is 1. The minimum absolute atomic E-state index is 0.130. The molecule has 0 radical (unpaired) electrons. The van der Waals surface area contributed by atoms with E-state index >= 15 is 0 Å². The number of aromatic nitrogens is 1. The number of anilines is 2. The molecule has 1 saturated carbocycles. The average Bonchev–Trinajstić information content (AvgIpc) is 2.58. The van der Waals surface area contributed by atoms with E-state index in [1.54, 1.807) is 12.3 Å². The molecule has 5 nitrogen and oxygen atoms in total. The van der Waals surface area contributed by atoms with E-state index in [0.29, 0.717) is 23.0 Å². The van der Waals surface area contributed by atoms with Crippen molar-refractivity contribution in [3.05, 3.63) is 48.2 Å². The van der Waals surface area contributed by atoms with Crippen molar-refractivity contribution in [1.82, 2.24) is 4.98 Å². The van der Waals surface area contributed by atoms with Gasteiger partial charge < -0.3 is 15.8 Å². The van der Waals surface area contributed by atoms with Crippen LogP contribution in [0.4, 0.5) is 11.5 Å². The molecule has 0 spiro atoms. The third-order valence-electron chi connectivity index (χ3n) is 4.16. The quantitative estimate of drug-likeness (QED) is 0.846. The first kappa shape index (κ1) is 15.2. The van der Waals surface area contributed by atoms with Crippen LogP contribution in [0.5, 0.6) is 5.75 Å². The number of nitrogens with two attached hydrogens (primary N) is 1. The monoisotopic (exact) mass is 308 g/mol. The largest absolute Gasteiger partial charge is 0.489 e. The van der Waals surface area contributed by atoms with Crippen LogP contribution in [-0.2, 0) is 0 Å². The predicted molar refractivity (Wildman–Crippen MR) is 90.1 cm³/mol. The summed E-state index contributed by atoms with van der Waals surface area (Å²) in [5, 5.41) is 12.7. The number of ether oxygens (including phenoxy) is 1. The molecule has 0 saturated heterocycles. The zero-order chi connectivity index (χ0) is 16.1. The van der Waals surface area contributed by atoms with Crippen LogP contribution >= 0.6 is 0 Å². The fourth-order valence-electron chi connectivity index (χ4n) is 2.93. The van der Waals surface area contributed by atoms with Gasteiger partial charge in [-0.3, -0.25) is 0 Å². The Kier molecular flexibility index (Phi) is 4.62. The van der Waals surface area contributed by atoms with Crippen LogP contribution in [0.1, 0.15) is 31.2 Å². The second-order valence-corrected chi connectivity index (χ2v) is 5.78. The molecule has 0 bridgehead atoms. The van der Waals surface area contributed by atoms with Gasteiger partial charge in [0.25, 0.3) is 0 Å². The minimum atomic E-state index is 0.130. The molecular weight excluding hydrogens is 288 g/mol. The molecule has 1 aromatic heterocycles. The summed E-state index contributed by atoms with van der Waals surface area (Å²) in [5.74, 6) is 1.51. The SMILES string of the molecule is N#Cc1c(N)cccc1O[C@H]1CC[C@H](Nc2ccccn2)CC1. The Morgan fingerprint density at radius 1 is 1.13 bits per heavy atom. The normalized spacial score (nSPS) is 20.5. The molecule has 118 valence electrons. The molecule has 3 rings (SSSR count). The maximum absolute atomic E-state index is 9.21. The van der Waals surface area contributed by atoms with Crippen LogP contribution in [0.3, 0.4) is 0 Å². The molecule has 0 atom stereocenters. The fourth-order valence-corrected chi connectivity index (χ4v) is 2.93. The second kappa shape index (κ2) is 7.01. The van der Waals surface area contributed by atoms with Gasteiger partial charge in [0.2, 0.25) is 0 Å². The Hall–Kier alpha value is -2.74. The van der Waals surface area contributed by atoms with Crippen molar-refractivity contribution in [3.63, 3.8) is 0 Å². The highest BCUT2D eigenvalue weighted by Gasteiger charge is 2.23. The summed E-state index contributed by atoms with van der Waals surface area (Å²) in [6.07, 6.45) is 5.86. The van der Waals surface area contributed by atoms with E-state index in [4.69, 9.17) is 10.5 Å². The smallest absolute Gasteiger partial charge is 0.139 e. The Balaban J connectivity index is 1.56. The zero-order valence-electron chi connectivity index (χ0n) is 12.9. The number of hydrogen-bond donors (Lipinski definition) is 2. The van der Waals surface area contributed by atoms with E-state index in [1.807, 2.05) is 30.3 Å². The molecule has 0 unspecified atom stereocenters. The lowest BCUT2D eigenvalue weighted by molar-refractivity contribution is 0.150. The molecule has 3 N–H and O–H groups in total. The minimum Gasteiger partial charge on any atom is -0.489 e. The second-order valence-electron chi connectivity index (χ2n) is 5.78. The summed E-state index contributed by atoms with van der Waals surface area (Å²) in [5.41, 5.74) is 6.73. The third kappa shape index (κ3) is 3.72. The summed E-state index contributed by atoms with van der Waals surface area (Å²) in [6, 6.07) is 13.8. The molecule has 2 aromatic rings.